The van der Waals surface area contributed by atoms with Crippen molar-refractivity contribution in [3.63, 3.8) is 0 Å². The van der Waals surface area contributed by atoms with Crippen molar-refractivity contribution >= 4 is 39.1 Å². The molecule has 0 saturated carbocycles. The normalized spacial score (nSPS) is 14.6. The molecule has 0 amide bonds. The summed E-state index contributed by atoms with van der Waals surface area (Å²) in [5.41, 5.74) is 2.37. The van der Waals surface area contributed by atoms with Crippen LogP contribution >= 0.6 is 27.7 Å². The van der Waals surface area contributed by atoms with Crippen molar-refractivity contribution in [2.45, 2.75) is 18.3 Å². The van der Waals surface area contributed by atoms with Gasteiger partial charge in [0.25, 0.3) is 5.69 Å². The summed E-state index contributed by atoms with van der Waals surface area (Å²) in [6.07, 6.45) is 1.05. The number of hydrogen-bond donors (Lipinski definition) is 1. The molecular weight excluding hydrogens is 474 g/mol. The lowest BCUT2D eigenvalue weighted by atomic mass is 10.1. The molecule has 0 aliphatic carbocycles. The van der Waals surface area contributed by atoms with Crippen LogP contribution in [-0.2, 0) is 0 Å². The zero-order chi connectivity index (χ0) is 21.3. The zero-order valence-corrected chi connectivity index (χ0v) is 18.4. The Labute approximate surface area is 184 Å². The van der Waals surface area contributed by atoms with E-state index in [0.717, 1.165) is 15.7 Å². The van der Waals surface area contributed by atoms with Crippen molar-refractivity contribution in [1.82, 2.24) is 15.2 Å². The van der Waals surface area contributed by atoms with E-state index in [2.05, 4.69) is 36.4 Å². The average Bonchev–Trinajstić information content (AvgIpc) is 2.90. The molecule has 154 valence electrons. The van der Waals surface area contributed by atoms with E-state index >= 15 is 0 Å². The Kier molecular flexibility index (Phi) is 5.73. The lowest BCUT2D eigenvalue weighted by Gasteiger charge is -2.21. The number of rotatable bonds is 5. The van der Waals surface area contributed by atoms with Crippen LogP contribution in [0, 0.1) is 10.1 Å². The second kappa shape index (κ2) is 8.44. The zero-order valence-electron chi connectivity index (χ0n) is 16.0. The van der Waals surface area contributed by atoms with Crippen LogP contribution in [0.2, 0.25) is 0 Å². The Morgan fingerprint density at radius 3 is 2.87 bits per heavy atom. The second-order valence-electron chi connectivity index (χ2n) is 6.20. The maximum atomic E-state index is 11.4. The van der Waals surface area contributed by atoms with Crippen LogP contribution in [0.1, 0.15) is 18.7 Å². The van der Waals surface area contributed by atoms with Gasteiger partial charge >= 0.3 is 0 Å². The molecule has 1 aromatic heterocycles. The number of nitro groups is 1. The molecule has 1 aliphatic heterocycles. The van der Waals surface area contributed by atoms with E-state index in [4.69, 9.17) is 9.47 Å². The molecule has 0 saturated heterocycles. The minimum absolute atomic E-state index is 0.0648. The fourth-order valence-electron chi connectivity index (χ4n) is 3.04. The number of non-ortho nitro benzene ring substituents is 1. The summed E-state index contributed by atoms with van der Waals surface area (Å²) in [4.78, 5) is 15.4. The van der Waals surface area contributed by atoms with Gasteiger partial charge in [-0.05, 0) is 37.4 Å². The predicted octanol–water partition coefficient (Wildman–Crippen LogP) is 4.83. The van der Waals surface area contributed by atoms with Gasteiger partial charge in [0.05, 0.1) is 17.1 Å². The molecule has 0 radical (unpaired) electrons. The Morgan fingerprint density at radius 2 is 2.13 bits per heavy atom. The van der Waals surface area contributed by atoms with E-state index in [-0.39, 0.29) is 11.6 Å². The van der Waals surface area contributed by atoms with Crippen LogP contribution in [0.25, 0.3) is 11.3 Å². The fraction of sp³-hybridized carbons (Fsp3) is 0.211. The van der Waals surface area contributed by atoms with Gasteiger partial charge in [0.2, 0.25) is 17.3 Å². The van der Waals surface area contributed by atoms with Gasteiger partial charge in [-0.3, -0.25) is 10.1 Å². The number of nitrogens with one attached hydrogen (secondary N) is 1. The van der Waals surface area contributed by atoms with E-state index in [9.17, 15) is 10.1 Å². The molecule has 2 aromatic carbocycles. The van der Waals surface area contributed by atoms with E-state index < -0.39 is 11.2 Å². The Balaban J connectivity index is 1.89. The van der Waals surface area contributed by atoms with Gasteiger partial charge in [-0.25, -0.2) is 0 Å². The average molecular weight is 490 g/mol. The number of benzene rings is 2. The Morgan fingerprint density at radius 1 is 1.30 bits per heavy atom. The van der Waals surface area contributed by atoms with Crippen molar-refractivity contribution in [2.75, 3.05) is 18.2 Å². The first-order valence-corrected chi connectivity index (χ1v) is 10.9. The molecule has 30 heavy (non-hydrogen) atoms. The summed E-state index contributed by atoms with van der Waals surface area (Å²) < 4.78 is 12.7. The van der Waals surface area contributed by atoms with Gasteiger partial charge in [-0.1, -0.05) is 27.7 Å². The highest BCUT2D eigenvalue weighted by molar-refractivity contribution is 9.10. The molecule has 9 nitrogen and oxygen atoms in total. The van der Waals surface area contributed by atoms with Crippen LogP contribution in [-0.4, -0.2) is 33.0 Å². The SMILES string of the molecule is CCOc1ccc([N+](=O)[O-])cc1C1Nc2ccc(Br)cc2-c2nnc(SC)nc2O1. The molecule has 1 aliphatic rings. The van der Waals surface area contributed by atoms with Crippen LogP contribution in [0.15, 0.2) is 46.0 Å². The largest absolute Gasteiger partial charge is 0.493 e. The molecule has 3 aromatic rings. The lowest BCUT2D eigenvalue weighted by molar-refractivity contribution is -0.385. The maximum absolute atomic E-state index is 11.4. The van der Waals surface area contributed by atoms with Crippen molar-refractivity contribution in [3.8, 4) is 22.9 Å². The van der Waals surface area contributed by atoms with Gasteiger partial charge in [-0.2, -0.15) is 4.98 Å². The van der Waals surface area contributed by atoms with Crippen LogP contribution < -0.4 is 14.8 Å². The molecule has 0 bridgehead atoms. The predicted molar refractivity (Wildman–Crippen MR) is 116 cm³/mol. The number of hydrogen-bond acceptors (Lipinski definition) is 9. The highest BCUT2D eigenvalue weighted by Crippen LogP contribution is 2.42. The molecular formula is C19H16BrN5O4S. The highest BCUT2D eigenvalue weighted by Gasteiger charge is 2.29. The molecule has 4 rings (SSSR count). The van der Waals surface area contributed by atoms with Gasteiger partial charge in [-0.15, -0.1) is 10.2 Å². The van der Waals surface area contributed by atoms with Crippen LogP contribution in [0.5, 0.6) is 11.6 Å². The van der Waals surface area contributed by atoms with Gasteiger partial charge in [0.15, 0.2) is 5.69 Å². The summed E-state index contributed by atoms with van der Waals surface area (Å²) >= 11 is 4.82. The molecule has 1 unspecified atom stereocenters. The standard InChI is InChI=1S/C19H16BrN5O4S/c1-3-28-15-7-5-11(25(26)27)9-13(15)17-21-14-6-4-10(20)8-12(14)16-18(29-17)22-19(30-2)24-23-16/h4-9,17,21H,3H2,1-2H3. The molecule has 1 atom stereocenters. The Bertz CT molecular complexity index is 1130. The lowest BCUT2D eigenvalue weighted by Crippen LogP contribution is -2.18. The van der Waals surface area contributed by atoms with Gasteiger partial charge in [0.1, 0.15) is 5.75 Å². The highest BCUT2D eigenvalue weighted by atomic mass is 79.9. The maximum Gasteiger partial charge on any atom is 0.270 e. The smallest absolute Gasteiger partial charge is 0.270 e. The van der Waals surface area contributed by atoms with E-state index in [1.807, 2.05) is 31.4 Å². The number of anilines is 1. The van der Waals surface area contributed by atoms with Crippen molar-refractivity contribution < 1.29 is 14.4 Å². The number of thioether (sulfide) groups is 1. The summed E-state index contributed by atoms with van der Waals surface area (Å²) in [5, 5.41) is 23.5. The molecule has 0 fully saturated rings. The quantitative estimate of drug-likeness (QED) is 0.305. The number of ether oxygens (including phenoxy) is 2. The van der Waals surface area contributed by atoms with E-state index in [1.54, 1.807) is 6.07 Å². The number of halogens is 1. The summed E-state index contributed by atoms with van der Waals surface area (Å²) in [6.45, 7) is 2.24. The topological polar surface area (TPSA) is 112 Å². The first-order chi connectivity index (χ1) is 14.5. The third-order valence-electron chi connectivity index (χ3n) is 4.36. The number of fused-ring (bicyclic) bond motifs is 3. The van der Waals surface area contributed by atoms with E-state index in [0.29, 0.717) is 28.8 Å². The molecule has 11 heteroatoms. The summed E-state index contributed by atoms with van der Waals surface area (Å²) in [6, 6.07) is 10.0. The van der Waals surface area contributed by atoms with Gasteiger partial charge < -0.3 is 14.8 Å². The molecule has 2 heterocycles. The number of nitrogens with zero attached hydrogens (tertiary/aromatic N) is 4. The summed E-state index contributed by atoms with van der Waals surface area (Å²) in [5.74, 6) is 0.757. The Hall–Kier alpha value is -2.92. The van der Waals surface area contributed by atoms with Crippen LogP contribution in [0.3, 0.4) is 0 Å². The van der Waals surface area contributed by atoms with Crippen molar-refractivity contribution in [1.29, 1.82) is 0 Å². The monoisotopic (exact) mass is 489 g/mol. The summed E-state index contributed by atoms with van der Waals surface area (Å²) in [7, 11) is 0. The number of aromatic nitrogens is 3. The first kappa shape index (κ1) is 20.4. The second-order valence-corrected chi connectivity index (χ2v) is 7.89. The van der Waals surface area contributed by atoms with Crippen molar-refractivity contribution in [2.24, 2.45) is 0 Å². The first-order valence-electron chi connectivity index (χ1n) is 8.93. The molecule has 0 spiro atoms. The minimum Gasteiger partial charge on any atom is -0.493 e. The fourth-order valence-corrected chi connectivity index (χ4v) is 3.70. The molecule has 1 N–H and O–H groups in total. The minimum atomic E-state index is -0.793. The van der Waals surface area contributed by atoms with Gasteiger partial charge in [0, 0.05) is 27.9 Å². The number of nitro benzene ring substituents is 1. The third-order valence-corrected chi connectivity index (χ3v) is 5.39. The van der Waals surface area contributed by atoms with E-state index in [1.165, 1.54) is 23.9 Å². The van der Waals surface area contributed by atoms with Crippen molar-refractivity contribution in [3.05, 3.63) is 56.5 Å². The third kappa shape index (κ3) is 3.90. The van der Waals surface area contributed by atoms with Crippen LogP contribution in [0.4, 0.5) is 11.4 Å².